The quantitative estimate of drug-likeness (QED) is 0.924. The van der Waals surface area contributed by atoms with E-state index in [1.54, 1.807) is 12.1 Å². The lowest BCUT2D eigenvalue weighted by atomic mass is 10.0. The van der Waals surface area contributed by atoms with Gasteiger partial charge in [0.2, 0.25) is 0 Å². The van der Waals surface area contributed by atoms with E-state index >= 15 is 0 Å². The van der Waals surface area contributed by atoms with Gasteiger partial charge in [-0.1, -0.05) is 31.4 Å². The summed E-state index contributed by atoms with van der Waals surface area (Å²) in [6, 6.07) is 3.69. The van der Waals surface area contributed by atoms with Gasteiger partial charge in [-0.25, -0.2) is 0 Å². The Morgan fingerprint density at radius 3 is 2.82 bits per heavy atom. The molecule has 1 fully saturated rings. The molecule has 1 amide bonds. The summed E-state index contributed by atoms with van der Waals surface area (Å²) in [6.45, 7) is 1.92. The molecular weight excluding hydrogens is 302 g/mol. The van der Waals surface area contributed by atoms with Crippen LogP contribution in [0.2, 0.25) is 5.02 Å². The number of amides is 1. The van der Waals surface area contributed by atoms with E-state index in [0.717, 1.165) is 18.4 Å². The summed E-state index contributed by atoms with van der Waals surface area (Å²) in [5.74, 6) is 0.478. The predicted molar refractivity (Wildman–Crippen MR) is 84.7 cm³/mol. The fourth-order valence-corrected chi connectivity index (χ4v) is 3.77. The Morgan fingerprint density at radius 2 is 2.09 bits per heavy atom. The van der Waals surface area contributed by atoms with E-state index in [-0.39, 0.29) is 30.3 Å². The topological polar surface area (TPSA) is 55.4 Å². The molecule has 22 heavy (non-hydrogen) atoms. The second-order valence-electron chi connectivity index (χ2n) is 6.20. The normalized spacial score (nSPS) is 21.0. The second-order valence-corrected chi connectivity index (χ2v) is 6.61. The van der Waals surface area contributed by atoms with Crippen LogP contribution in [0.5, 0.6) is 5.75 Å². The summed E-state index contributed by atoms with van der Waals surface area (Å²) in [4.78, 5) is 24.1. The van der Waals surface area contributed by atoms with E-state index in [1.165, 1.54) is 12.8 Å². The van der Waals surface area contributed by atoms with Crippen molar-refractivity contribution < 1.29 is 14.3 Å². The lowest BCUT2D eigenvalue weighted by Gasteiger charge is -2.14. The maximum absolute atomic E-state index is 12.1. The number of hydrogen-bond donors (Lipinski definition) is 1. The molecule has 5 heteroatoms. The molecule has 0 unspecified atom stereocenters. The SMILES string of the molecule is C[C@@H]1CC(=O)c2c(OCC(=O)NC3CCCC3)ccc(Cl)c21. The Bertz CT molecular complexity index is 608. The monoisotopic (exact) mass is 321 g/mol. The van der Waals surface area contributed by atoms with Gasteiger partial charge in [-0.05, 0) is 36.5 Å². The molecule has 1 N–H and O–H groups in total. The number of Topliss-reactive ketones (excluding diaryl/α,β-unsaturated/α-hetero) is 1. The van der Waals surface area contributed by atoms with Gasteiger partial charge in [0.1, 0.15) is 5.75 Å². The van der Waals surface area contributed by atoms with Crippen LogP contribution in [-0.4, -0.2) is 24.3 Å². The van der Waals surface area contributed by atoms with E-state index in [0.29, 0.717) is 22.8 Å². The van der Waals surface area contributed by atoms with Crippen molar-refractivity contribution in [2.75, 3.05) is 6.61 Å². The largest absolute Gasteiger partial charge is 0.483 e. The molecule has 0 heterocycles. The number of benzene rings is 1. The van der Waals surface area contributed by atoms with Crippen LogP contribution in [0, 0.1) is 0 Å². The summed E-state index contributed by atoms with van der Waals surface area (Å²) in [7, 11) is 0. The first-order valence-electron chi connectivity index (χ1n) is 7.84. The summed E-state index contributed by atoms with van der Waals surface area (Å²) in [5, 5.41) is 3.57. The Labute approximate surface area is 135 Å². The zero-order valence-corrected chi connectivity index (χ0v) is 13.4. The Hall–Kier alpha value is -1.55. The predicted octanol–water partition coefficient (Wildman–Crippen LogP) is 3.47. The minimum atomic E-state index is -0.130. The zero-order chi connectivity index (χ0) is 15.7. The molecule has 1 aromatic rings. The number of carbonyl (C=O) groups is 2. The molecule has 0 aliphatic heterocycles. The van der Waals surface area contributed by atoms with Crippen molar-refractivity contribution in [2.24, 2.45) is 0 Å². The molecule has 4 nitrogen and oxygen atoms in total. The molecule has 0 saturated heterocycles. The molecule has 0 aromatic heterocycles. The Morgan fingerprint density at radius 1 is 1.36 bits per heavy atom. The van der Waals surface area contributed by atoms with Crippen molar-refractivity contribution in [3.63, 3.8) is 0 Å². The molecule has 1 saturated carbocycles. The number of nitrogens with one attached hydrogen (secondary N) is 1. The van der Waals surface area contributed by atoms with Crippen molar-refractivity contribution in [2.45, 2.75) is 51.0 Å². The van der Waals surface area contributed by atoms with Crippen LogP contribution in [-0.2, 0) is 4.79 Å². The van der Waals surface area contributed by atoms with Gasteiger partial charge < -0.3 is 10.1 Å². The maximum Gasteiger partial charge on any atom is 0.258 e. The van der Waals surface area contributed by atoms with E-state index in [1.807, 2.05) is 6.92 Å². The van der Waals surface area contributed by atoms with Crippen LogP contribution < -0.4 is 10.1 Å². The van der Waals surface area contributed by atoms with Gasteiger partial charge in [-0.15, -0.1) is 0 Å². The first kappa shape index (κ1) is 15.3. The van der Waals surface area contributed by atoms with E-state index in [2.05, 4.69) is 5.32 Å². The van der Waals surface area contributed by atoms with Crippen LogP contribution in [0.15, 0.2) is 12.1 Å². The Balaban J connectivity index is 1.68. The van der Waals surface area contributed by atoms with Crippen molar-refractivity contribution in [3.8, 4) is 5.75 Å². The average Bonchev–Trinajstić information content (AvgIpc) is 3.07. The highest BCUT2D eigenvalue weighted by Gasteiger charge is 2.32. The molecule has 2 aliphatic rings. The van der Waals surface area contributed by atoms with Crippen LogP contribution in [0.1, 0.15) is 60.9 Å². The van der Waals surface area contributed by atoms with E-state index in [4.69, 9.17) is 16.3 Å². The molecule has 0 spiro atoms. The summed E-state index contributed by atoms with van der Waals surface area (Å²) < 4.78 is 5.60. The number of hydrogen-bond acceptors (Lipinski definition) is 3. The number of fused-ring (bicyclic) bond motifs is 1. The van der Waals surface area contributed by atoms with Crippen LogP contribution in [0.3, 0.4) is 0 Å². The summed E-state index contributed by atoms with van der Waals surface area (Å²) in [5.41, 5.74) is 1.40. The minimum Gasteiger partial charge on any atom is -0.483 e. The van der Waals surface area contributed by atoms with Gasteiger partial charge in [-0.2, -0.15) is 0 Å². The molecule has 118 valence electrons. The highest BCUT2D eigenvalue weighted by molar-refractivity contribution is 6.32. The molecule has 3 rings (SSSR count). The molecule has 1 aromatic carbocycles. The van der Waals surface area contributed by atoms with Gasteiger partial charge >= 0.3 is 0 Å². The number of ketones is 1. The standard InChI is InChI=1S/C17H20ClNO3/c1-10-8-13(20)17-14(7-6-12(18)16(10)17)22-9-15(21)19-11-4-2-3-5-11/h6-7,10-11H,2-5,8-9H2,1H3,(H,19,21)/t10-/m1/s1. The smallest absolute Gasteiger partial charge is 0.258 e. The van der Waals surface area contributed by atoms with Gasteiger partial charge in [0.25, 0.3) is 5.91 Å². The number of ether oxygens (including phenoxy) is 1. The van der Waals surface area contributed by atoms with Crippen molar-refractivity contribution in [1.82, 2.24) is 5.32 Å². The van der Waals surface area contributed by atoms with Gasteiger partial charge in [0, 0.05) is 17.5 Å². The third-order valence-corrected chi connectivity index (χ3v) is 4.83. The minimum absolute atomic E-state index is 0.0381. The number of halogens is 1. The van der Waals surface area contributed by atoms with Crippen molar-refractivity contribution >= 4 is 23.3 Å². The molecule has 0 bridgehead atoms. The average molecular weight is 322 g/mol. The van der Waals surface area contributed by atoms with Crippen molar-refractivity contribution in [3.05, 3.63) is 28.3 Å². The first-order chi connectivity index (χ1) is 10.6. The van der Waals surface area contributed by atoms with Gasteiger partial charge in [-0.3, -0.25) is 9.59 Å². The first-order valence-corrected chi connectivity index (χ1v) is 8.22. The fraction of sp³-hybridized carbons (Fsp3) is 0.529. The van der Waals surface area contributed by atoms with Crippen LogP contribution in [0.4, 0.5) is 0 Å². The lowest BCUT2D eigenvalue weighted by Crippen LogP contribution is -2.36. The van der Waals surface area contributed by atoms with Crippen molar-refractivity contribution in [1.29, 1.82) is 0 Å². The van der Waals surface area contributed by atoms with E-state index < -0.39 is 0 Å². The van der Waals surface area contributed by atoms with E-state index in [9.17, 15) is 9.59 Å². The maximum atomic E-state index is 12.1. The third-order valence-electron chi connectivity index (χ3n) is 4.50. The molecule has 0 radical (unpaired) electrons. The third kappa shape index (κ3) is 2.98. The van der Waals surface area contributed by atoms with Crippen LogP contribution >= 0.6 is 11.6 Å². The fourth-order valence-electron chi connectivity index (χ4n) is 3.43. The molecule has 2 aliphatic carbocycles. The number of carbonyl (C=O) groups excluding carboxylic acids is 2. The van der Waals surface area contributed by atoms with Crippen LogP contribution in [0.25, 0.3) is 0 Å². The number of rotatable bonds is 4. The zero-order valence-electron chi connectivity index (χ0n) is 12.7. The Kier molecular flexibility index (Phi) is 4.39. The summed E-state index contributed by atoms with van der Waals surface area (Å²) in [6.07, 6.45) is 4.87. The lowest BCUT2D eigenvalue weighted by molar-refractivity contribution is -0.123. The van der Waals surface area contributed by atoms with Gasteiger partial charge in [0.05, 0.1) is 5.56 Å². The summed E-state index contributed by atoms with van der Waals surface area (Å²) >= 11 is 6.19. The highest BCUT2D eigenvalue weighted by Crippen LogP contribution is 2.42. The second kappa shape index (κ2) is 6.29. The molecular formula is C17H20ClNO3. The van der Waals surface area contributed by atoms with Gasteiger partial charge in [0.15, 0.2) is 12.4 Å². The highest BCUT2D eigenvalue weighted by atomic mass is 35.5. The molecule has 1 atom stereocenters.